The third kappa shape index (κ3) is 2.27. The lowest BCUT2D eigenvalue weighted by atomic mass is 10.1. The van der Waals surface area contributed by atoms with Crippen LogP contribution in [0.15, 0.2) is 18.2 Å². The van der Waals surface area contributed by atoms with Gasteiger partial charge in [-0.3, -0.25) is 14.9 Å². The van der Waals surface area contributed by atoms with Gasteiger partial charge in [-0.2, -0.15) is 0 Å². The highest BCUT2D eigenvalue weighted by Gasteiger charge is 2.22. The molecule has 1 aliphatic heterocycles. The van der Waals surface area contributed by atoms with E-state index in [-0.39, 0.29) is 11.6 Å². The van der Waals surface area contributed by atoms with Crippen molar-refractivity contribution >= 4 is 11.6 Å². The molecule has 0 N–H and O–H groups in total. The zero-order valence-electron chi connectivity index (χ0n) is 9.68. The second kappa shape index (κ2) is 4.53. The molecule has 1 heterocycles. The summed E-state index contributed by atoms with van der Waals surface area (Å²) in [5.74, 6) is -0.0938. The van der Waals surface area contributed by atoms with Crippen molar-refractivity contribution in [3.8, 4) is 0 Å². The number of hydrogen-bond donors (Lipinski definition) is 0. The number of nitro groups is 1. The number of benzene rings is 1. The highest BCUT2D eigenvalue weighted by atomic mass is 16.6. The number of carbonyl (C=O) groups is 1. The maximum Gasteiger partial charge on any atom is 0.270 e. The first-order valence-corrected chi connectivity index (χ1v) is 5.64. The second-order valence-corrected chi connectivity index (χ2v) is 4.26. The molecule has 0 aliphatic carbocycles. The molecule has 1 amide bonds. The van der Waals surface area contributed by atoms with Gasteiger partial charge < -0.3 is 4.90 Å². The maximum absolute atomic E-state index is 12.1. The number of carbonyl (C=O) groups excluding carboxylic acids is 1. The van der Waals surface area contributed by atoms with Gasteiger partial charge in [-0.1, -0.05) is 6.07 Å². The van der Waals surface area contributed by atoms with E-state index in [2.05, 4.69) is 0 Å². The summed E-state index contributed by atoms with van der Waals surface area (Å²) in [4.78, 5) is 24.1. The summed E-state index contributed by atoms with van der Waals surface area (Å²) in [6.07, 6.45) is 2.03. The fourth-order valence-electron chi connectivity index (χ4n) is 2.04. The minimum Gasteiger partial charge on any atom is -0.339 e. The normalized spacial score (nSPS) is 15.0. The molecule has 2 rings (SSSR count). The Morgan fingerprint density at radius 2 is 2.00 bits per heavy atom. The van der Waals surface area contributed by atoms with Gasteiger partial charge in [0, 0.05) is 30.8 Å². The van der Waals surface area contributed by atoms with Gasteiger partial charge in [0.1, 0.15) is 0 Å². The fourth-order valence-corrected chi connectivity index (χ4v) is 2.04. The summed E-state index contributed by atoms with van der Waals surface area (Å²) in [6, 6.07) is 4.42. The van der Waals surface area contributed by atoms with E-state index in [1.54, 1.807) is 17.9 Å². The first kappa shape index (κ1) is 11.6. The Morgan fingerprint density at radius 1 is 1.35 bits per heavy atom. The van der Waals surface area contributed by atoms with Crippen LogP contribution in [0.2, 0.25) is 0 Å². The van der Waals surface area contributed by atoms with E-state index in [0.29, 0.717) is 5.56 Å². The standard InChI is InChI=1S/C12H14N2O3/c1-9-4-5-10(14(16)17)8-11(9)12(15)13-6-2-3-7-13/h4-5,8H,2-3,6-7H2,1H3. The lowest BCUT2D eigenvalue weighted by Crippen LogP contribution is -2.28. The predicted molar refractivity (Wildman–Crippen MR) is 63.0 cm³/mol. The lowest BCUT2D eigenvalue weighted by Gasteiger charge is -2.16. The van der Waals surface area contributed by atoms with Crippen LogP contribution < -0.4 is 0 Å². The molecule has 0 bridgehead atoms. The number of rotatable bonds is 2. The van der Waals surface area contributed by atoms with E-state index in [4.69, 9.17) is 0 Å². The van der Waals surface area contributed by atoms with Crippen LogP contribution in [0.3, 0.4) is 0 Å². The highest BCUT2D eigenvalue weighted by molar-refractivity contribution is 5.96. The molecule has 0 unspecified atom stereocenters. The number of hydrogen-bond acceptors (Lipinski definition) is 3. The van der Waals surface area contributed by atoms with Gasteiger partial charge >= 0.3 is 0 Å². The van der Waals surface area contributed by atoms with Crippen LogP contribution in [0, 0.1) is 17.0 Å². The number of non-ortho nitro benzene ring substituents is 1. The van der Waals surface area contributed by atoms with Gasteiger partial charge in [0.25, 0.3) is 11.6 Å². The molecule has 90 valence electrons. The van der Waals surface area contributed by atoms with Crippen molar-refractivity contribution in [2.75, 3.05) is 13.1 Å². The molecule has 0 aromatic heterocycles. The monoisotopic (exact) mass is 234 g/mol. The van der Waals surface area contributed by atoms with Crippen LogP contribution in [0.25, 0.3) is 0 Å². The molecule has 1 aliphatic rings. The summed E-state index contributed by atoms with van der Waals surface area (Å²) >= 11 is 0. The molecule has 5 heteroatoms. The molecule has 5 nitrogen and oxygen atoms in total. The first-order valence-electron chi connectivity index (χ1n) is 5.64. The molecule has 1 aromatic rings. The minimum absolute atomic E-state index is 0.0295. The van der Waals surface area contributed by atoms with Crippen molar-refractivity contribution < 1.29 is 9.72 Å². The molecular weight excluding hydrogens is 220 g/mol. The highest BCUT2D eigenvalue weighted by Crippen LogP contribution is 2.20. The molecule has 1 saturated heterocycles. The van der Waals surface area contributed by atoms with E-state index in [1.807, 2.05) is 0 Å². The van der Waals surface area contributed by atoms with Crippen LogP contribution in [0.4, 0.5) is 5.69 Å². The topological polar surface area (TPSA) is 63.5 Å². The predicted octanol–water partition coefficient (Wildman–Crippen LogP) is 2.14. The fraction of sp³-hybridized carbons (Fsp3) is 0.417. The van der Waals surface area contributed by atoms with E-state index in [9.17, 15) is 14.9 Å². The number of nitrogens with zero attached hydrogens (tertiary/aromatic N) is 2. The Labute approximate surface area is 99.2 Å². The Kier molecular flexibility index (Phi) is 3.08. The maximum atomic E-state index is 12.1. The van der Waals surface area contributed by atoms with Crippen LogP contribution in [-0.4, -0.2) is 28.8 Å². The molecule has 1 aromatic carbocycles. The minimum atomic E-state index is -0.472. The van der Waals surface area contributed by atoms with Gasteiger partial charge in [-0.25, -0.2) is 0 Å². The van der Waals surface area contributed by atoms with Gasteiger partial charge in [0.05, 0.1) is 4.92 Å². The van der Waals surface area contributed by atoms with E-state index in [0.717, 1.165) is 31.5 Å². The lowest BCUT2D eigenvalue weighted by molar-refractivity contribution is -0.384. The Bertz CT molecular complexity index is 465. The number of nitro benzene ring substituents is 1. The third-order valence-corrected chi connectivity index (χ3v) is 3.06. The van der Waals surface area contributed by atoms with Crippen LogP contribution in [-0.2, 0) is 0 Å². The van der Waals surface area contributed by atoms with Crippen LogP contribution >= 0.6 is 0 Å². The number of likely N-dealkylation sites (tertiary alicyclic amines) is 1. The molecule has 0 radical (unpaired) electrons. The van der Waals surface area contributed by atoms with Gasteiger partial charge in [-0.15, -0.1) is 0 Å². The second-order valence-electron chi connectivity index (χ2n) is 4.26. The Hall–Kier alpha value is -1.91. The summed E-state index contributed by atoms with van der Waals surface area (Å²) in [5.41, 5.74) is 1.20. The summed E-state index contributed by atoms with van der Waals surface area (Å²) in [5, 5.41) is 10.7. The average molecular weight is 234 g/mol. The van der Waals surface area contributed by atoms with Crippen molar-refractivity contribution in [1.29, 1.82) is 0 Å². The number of amides is 1. The SMILES string of the molecule is Cc1ccc([N+](=O)[O-])cc1C(=O)N1CCCC1. The van der Waals surface area contributed by atoms with Crippen molar-refractivity contribution in [3.63, 3.8) is 0 Å². The van der Waals surface area contributed by atoms with Gasteiger partial charge in [0.15, 0.2) is 0 Å². The van der Waals surface area contributed by atoms with Crippen molar-refractivity contribution in [3.05, 3.63) is 39.4 Å². The zero-order valence-corrected chi connectivity index (χ0v) is 9.68. The zero-order chi connectivity index (χ0) is 12.4. The van der Waals surface area contributed by atoms with E-state index < -0.39 is 4.92 Å². The average Bonchev–Trinajstić information content (AvgIpc) is 2.81. The third-order valence-electron chi connectivity index (χ3n) is 3.06. The quantitative estimate of drug-likeness (QED) is 0.581. The van der Waals surface area contributed by atoms with E-state index in [1.165, 1.54) is 12.1 Å². The van der Waals surface area contributed by atoms with Gasteiger partial charge in [-0.05, 0) is 25.3 Å². The Balaban J connectivity index is 2.32. The van der Waals surface area contributed by atoms with Crippen LogP contribution in [0.1, 0.15) is 28.8 Å². The summed E-state index contributed by atoms with van der Waals surface area (Å²) in [6.45, 7) is 3.30. The van der Waals surface area contributed by atoms with Crippen LogP contribution in [0.5, 0.6) is 0 Å². The molecule has 17 heavy (non-hydrogen) atoms. The van der Waals surface area contributed by atoms with Gasteiger partial charge in [0.2, 0.25) is 0 Å². The molecule has 0 saturated carbocycles. The molecule has 0 atom stereocenters. The van der Waals surface area contributed by atoms with Crippen molar-refractivity contribution in [2.24, 2.45) is 0 Å². The largest absolute Gasteiger partial charge is 0.339 e. The Morgan fingerprint density at radius 3 is 2.59 bits per heavy atom. The molecule has 1 fully saturated rings. The molecular formula is C12H14N2O3. The van der Waals surface area contributed by atoms with Crippen molar-refractivity contribution in [2.45, 2.75) is 19.8 Å². The van der Waals surface area contributed by atoms with Crippen molar-refractivity contribution in [1.82, 2.24) is 4.90 Å². The number of aryl methyl sites for hydroxylation is 1. The first-order chi connectivity index (χ1) is 8.09. The van der Waals surface area contributed by atoms with E-state index >= 15 is 0 Å². The summed E-state index contributed by atoms with van der Waals surface area (Å²) < 4.78 is 0. The smallest absolute Gasteiger partial charge is 0.270 e. The molecule has 0 spiro atoms. The summed E-state index contributed by atoms with van der Waals surface area (Å²) in [7, 11) is 0.